The van der Waals surface area contributed by atoms with Crippen LogP contribution >= 0.6 is 0 Å². The van der Waals surface area contributed by atoms with Gasteiger partial charge in [0.1, 0.15) is 32.0 Å². The molecule has 0 bridgehead atoms. The number of hydrogen-bond acceptors (Lipinski definition) is 10. The van der Waals surface area contributed by atoms with Crippen LogP contribution in [0.5, 0.6) is 0 Å². The zero-order valence-electron chi connectivity index (χ0n) is 24.4. The molecule has 0 aliphatic heterocycles. The molecule has 42 heavy (non-hydrogen) atoms. The first-order valence-electron chi connectivity index (χ1n) is 13.6. The van der Waals surface area contributed by atoms with E-state index in [4.69, 9.17) is 33.4 Å². The van der Waals surface area contributed by atoms with E-state index in [-0.39, 0.29) is 65.9 Å². The van der Waals surface area contributed by atoms with Crippen LogP contribution in [0.1, 0.15) is 31.9 Å². The quantitative estimate of drug-likeness (QED) is 0.148. The minimum atomic E-state index is -0.840. The lowest BCUT2D eigenvalue weighted by Crippen LogP contribution is -2.38. The number of benzene rings is 2. The Bertz CT molecular complexity index is 965. The van der Waals surface area contributed by atoms with Crippen LogP contribution in [0.4, 0.5) is 14.4 Å². The highest BCUT2D eigenvalue weighted by Gasteiger charge is 2.24. The molecule has 2 aromatic carbocycles. The molecule has 2 N–H and O–H groups in total. The van der Waals surface area contributed by atoms with Crippen LogP contribution in [0.25, 0.3) is 0 Å². The molecule has 232 valence electrons. The van der Waals surface area contributed by atoms with Crippen LogP contribution in [-0.2, 0) is 46.6 Å². The predicted molar refractivity (Wildman–Crippen MR) is 151 cm³/mol. The summed E-state index contributed by atoms with van der Waals surface area (Å²) in [5.41, 5.74) is 1.01. The molecule has 0 heterocycles. The average molecular weight is 592 g/mol. The maximum Gasteiger partial charge on any atom is 0.460 e. The molecule has 2 aromatic rings. The van der Waals surface area contributed by atoms with E-state index in [1.807, 2.05) is 60.7 Å². The fourth-order valence-corrected chi connectivity index (χ4v) is 3.00. The highest BCUT2D eigenvalue weighted by Crippen LogP contribution is 2.11. The number of rotatable bonds is 18. The third-order valence-corrected chi connectivity index (χ3v) is 4.87. The summed E-state index contributed by atoms with van der Waals surface area (Å²) in [6.07, 6.45) is -1.94. The SMILES string of the molecule is CC(C)(C)OC(=O)N(OCCOCCNC(=O)OCc1ccccc1)OCCOCCNC(=O)OCc1ccccc1. The molecule has 13 heteroatoms. The van der Waals surface area contributed by atoms with Gasteiger partial charge in [0.2, 0.25) is 0 Å². The Kier molecular flexibility index (Phi) is 16.4. The van der Waals surface area contributed by atoms with E-state index >= 15 is 0 Å². The third kappa shape index (κ3) is 17.0. The number of carbonyl (C=O) groups excluding carboxylic acids is 3. The molecule has 0 aliphatic carbocycles. The molecule has 0 saturated heterocycles. The Balaban J connectivity index is 1.54. The van der Waals surface area contributed by atoms with Gasteiger partial charge in [-0.15, -0.1) is 0 Å². The summed E-state index contributed by atoms with van der Waals surface area (Å²) in [6.45, 7) is 6.56. The van der Waals surface area contributed by atoms with Gasteiger partial charge in [-0.05, 0) is 37.1 Å². The van der Waals surface area contributed by atoms with Crippen molar-refractivity contribution in [2.45, 2.75) is 39.6 Å². The lowest BCUT2D eigenvalue weighted by molar-refractivity contribution is -0.343. The van der Waals surface area contributed by atoms with Gasteiger partial charge in [-0.1, -0.05) is 60.7 Å². The summed E-state index contributed by atoms with van der Waals surface area (Å²) < 4.78 is 26.3. The molecule has 13 nitrogen and oxygen atoms in total. The molecule has 0 spiro atoms. The van der Waals surface area contributed by atoms with E-state index in [1.165, 1.54) is 0 Å². The molecule has 2 rings (SSSR count). The van der Waals surface area contributed by atoms with Gasteiger partial charge in [-0.25, -0.2) is 24.1 Å². The number of hydrogen-bond donors (Lipinski definition) is 2. The topological polar surface area (TPSA) is 143 Å². The fraction of sp³-hybridized carbons (Fsp3) is 0.483. The van der Waals surface area contributed by atoms with Crippen LogP contribution in [0.3, 0.4) is 0 Å². The smallest absolute Gasteiger partial charge is 0.445 e. The van der Waals surface area contributed by atoms with E-state index in [1.54, 1.807) is 20.8 Å². The van der Waals surface area contributed by atoms with E-state index < -0.39 is 23.9 Å². The van der Waals surface area contributed by atoms with Crippen LogP contribution < -0.4 is 10.6 Å². The molecule has 0 atom stereocenters. The first-order valence-corrected chi connectivity index (χ1v) is 13.6. The number of nitrogens with one attached hydrogen (secondary N) is 2. The number of hydroxylamine groups is 2. The monoisotopic (exact) mass is 591 g/mol. The number of nitrogens with zero attached hydrogens (tertiary/aromatic N) is 1. The lowest BCUT2D eigenvalue weighted by Gasteiger charge is -2.25. The second-order valence-electron chi connectivity index (χ2n) is 9.61. The fourth-order valence-electron chi connectivity index (χ4n) is 3.00. The third-order valence-electron chi connectivity index (χ3n) is 4.87. The van der Waals surface area contributed by atoms with Crippen molar-refractivity contribution >= 4 is 18.3 Å². The van der Waals surface area contributed by atoms with Crippen LogP contribution in [-0.4, -0.2) is 81.8 Å². The second-order valence-corrected chi connectivity index (χ2v) is 9.61. The Morgan fingerprint density at radius 3 is 1.48 bits per heavy atom. The Labute approximate surface area is 246 Å². The molecule has 0 aromatic heterocycles. The minimum absolute atomic E-state index is 0.0203. The highest BCUT2D eigenvalue weighted by molar-refractivity contribution is 5.67. The number of ether oxygens (including phenoxy) is 5. The van der Waals surface area contributed by atoms with Crippen molar-refractivity contribution in [2.75, 3.05) is 52.7 Å². The molecule has 0 unspecified atom stereocenters. The van der Waals surface area contributed by atoms with Crippen molar-refractivity contribution in [1.82, 2.24) is 15.9 Å². The van der Waals surface area contributed by atoms with Crippen molar-refractivity contribution in [2.24, 2.45) is 0 Å². The summed E-state index contributed by atoms with van der Waals surface area (Å²) in [5.74, 6) is 0. The number of alkyl carbamates (subject to hydrolysis) is 2. The summed E-state index contributed by atoms with van der Waals surface area (Å²) in [5, 5.41) is 5.80. The van der Waals surface area contributed by atoms with Crippen molar-refractivity contribution in [1.29, 1.82) is 0 Å². The first kappa shape index (κ1) is 34.3. The van der Waals surface area contributed by atoms with Gasteiger partial charge >= 0.3 is 18.3 Å². The van der Waals surface area contributed by atoms with Gasteiger partial charge in [0.25, 0.3) is 0 Å². The zero-order valence-corrected chi connectivity index (χ0v) is 24.4. The van der Waals surface area contributed by atoms with Gasteiger partial charge in [0.15, 0.2) is 0 Å². The molecular weight excluding hydrogens is 550 g/mol. The average Bonchev–Trinajstić information content (AvgIpc) is 2.97. The molecule has 0 radical (unpaired) electrons. The van der Waals surface area contributed by atoms with Crippen LogP contribution in [0, 0.1) is 0 Å². The largest absolute Gasteiger partial charge is 0.460 e. The molecule has 0 saturated carbocycles. The second kappa shape index (κ2) is 20.0. The van der Waals surface area contributed by atoms with E-state index in [2.05, 4.69) is 10.6 Å². The van der Waals surface area contributed by atoms with Gasteiger partial charge in [-0.3, -0.25) is 0 Å². The number of carbonyl (C=O) groups is 3. The van der Waals surface area contributed by atoms with Crippen molar-refractivity contribution in [3.63, 3.8) is 0 Å². The van der Waals surface area contributed by atoms with Crippen LogP contribution in [0.2, 0.25) is 0 Å². The van der Waals surface area contributed by atoms with Gasteiger partial charge < -0.3 is 34.3 Å². The van der Waals surface area contributed by atoms with E-state index in [0.717, 1.165) is 11.1 Å². The van der Waals surface area contributed by atoms with Crippen molar-refractivity contribution in [3.8, 4) is 0 Å². The molecule has 0 aliphatic rings. The van der Waals surface area contributed by atoms with Gasteiger partial charge in [0.05, 0.1) is 26.4 Å². The van der Waals surface area contributed by atoms with Gasteiger partial charge in [-0.2, -0.15) is 0 Å². The Morgan fingerprint density at radius 2 is 1.07 bits per heavy atom. The standard InChI is InChI=1S/C29H41N3O10/c1-29(2,3)42-28(35)32(40-20-18-36-16-14-30-26(33)38-22-24-10-6-4-7-11-24)41-21-19-37-17-15-31-27(34)39-23-25-12-8-5-9-13-25/h4-13H,14-23H2,1-3H3,(H,30,33)(H,31,34). The zero-order chi connectivity index (χ0) is 30.5. The Hall–Kier alpha value is -3.91. The lowest BCUT2D eigenvalue weighted by atomic mass is 10.2. The highest BCUT2D eigenvalue weighted by atomic mass is 17.0. The summed E-state index contributed by atoms with van der Waals surface area (Å²) in [7, 11) is 0. The normalized spacial score (nSPS) is 10.9. The van der Waals surface area contributed by atoms with E-state index in [0.29, 0.717) is 5.23 Å². The van der Waals surface area contributed by atoms with Crippen molar-refractivity contribution < 1.29 is 47.7 Å². The molecule has 0 fully saturated rings. The van der Waals surface area contributed by atoms with E-state index in [9.17, 15) is 14.4 Å². The molecular formula is C29H41N3O10. The Morgan fingerprint density at radius 1 is 0.643 bits per heavy atom. The van der Waals surface area contributed by atoms with Crippen LogP contribution in [0.15, 0.2) is 60.7 Å². The maximum atomic E-state index is 12.4. The summed E-state index contributed by atoms with van der Waals surface area (Å²) in [4.78, 5) is 46.6. The minimum Gasteiger partial charge on any atom is -0.445 e. The predicted octanol–water partition coefficient (Wildman–Crippen LogP) is 3.97. The van der Waals surface area contributed by atoms with Crippen molar-refractivity contribution in [3.05, 3.63) is 71.8 Å². The molecule has 3 amide bonds. The summed E-state index contributed by atoms with van der Waals surface area (Å²) >= 11 is 0. The maximum absolute atomic E-state index is 12.4. The summed E-state index contributed by atoms with van der Waals surface area (Å²) in [6, 6.07) is 18.7. The van der Waals surface area contributed by atoms with Gasteiger partial charge in [0, 0.05) is 13.1 Å². The number of amides is 3. The first-order chi connectivity index (χ1) is 20.2.